The van der Waals surface area contributed by atoms with Crippen LogP contribution >= 0.6 is 0 Å². The van der Waals surface area contributed by atoms with Gasteiger partial charge < -0.3 is 15.0 Å². The van der Waals surface area contributed by atoms with Gasteiger partial charge in [-0.25, -0.2) is 0 Å². The molecule has 2 heterocycles. The lowest BCUT2D eigenvalue weighted by molar-refractivity contribution is -0.00941. The minimum atomic E-state index is 0.633. The van der Waals surface area contributed by atoms with Crippen LogP contribution in [0.15, 0.2) is 0 Å². The molecule has 2 unspecified atom stereocenters. The van der Waals surface area contributed by atoms with Gasteiger partial charge >= 0.3 is 0 Å². The van der Waals surface area contributed by atoms with Gasteiger partial charge in [-0.1, -0.05) is 0 Å². The quantitative estimate of drug-likeness (QED) is 0.634. The van der Waals surface area contributed by atoms with Gasteiger partial charge in [-0.3, -0.25) is 0 Å². The maximum absolute atomic E-state index is 5.12. The third-order valence-electron chi connectivity index (χ3n) is 3.00. The lowest BCUT2D eigenvalue weighted by Gasteiger charge is -2.29. The highest BCUT2D eigenvalue weighted by Crippen LogP contribution is 2.16. The van der Waals surface area contributed by atoms with Crippen LogP contribution < -0.4 is 5.32 Å². The van der Waals surface area contributed by atoms with Crippen molar-refractivity contribution in [1.29, 1.82) is 0 Å². The molecule has 70 valence electrons. The van der Waals surface area contributed by atoms with Crippen molar-refractivity contribution >= 4 is 0 Å². The van der Waals surface area contributed by atoms with Crippen molar-refractivity contribution in [2.75, 3.05) is 26.8 Å². The van der Waals surface area contributed by atoms with E-state index in [0.717, 1.165) is 19.3 Å². The lowest BCUT2D eigenvalue weighted by atomic mass is 10.1. The Balaban J connectivity index is 1.75. The first-order valence-corrected chi connectivity index (χ1v) is 4.79. The van der Waals surface area contributed by atoms with Crippen LogP contribution in [0.4, 0.5) is 0 Å². The molecule has 0 aromatic heterocycles. The van der Waals surface area contributed by atoms with E-state index in [-0.39, 0.29) is 0 Å². The second kappa shape index (κ2) is 3.32. The SMILES string of the molecule is CC1CC(NC2COC2)CN1C. The van der Waals surface area contributed by atoms with E-state index >= 15 is 0 Å². The van der Waals surface area contributed by atoms with Crippen molar-refractivity contribution in [2.45, 2.75) is 31.5 Å². The van der Waals surface area contributed by atoms with Gasteiger partial charge in [-0.15, -0.1) is 0 Å². The predicted molar refractivity (Wildman–Crippen MR) is 48.2 cm³/mol. The lowest BCUT2D eigenvalue weighted by Crippen LogP contribution is -2.50. The number of ether oxygens (including phenoxy) is 1. The molecule has 3 nitrogen and oxygen atoms in total. The summed E-state index contributed by atoms with van der Waals surface area (Å²) < 4.78 is 5.12. The third kappa shape index (κ3) is 1.63. The van der Waals surface area contributed by atoms with Crippen LogP contribution in [0.2, 0.25) is 0 Å². The molecule has 0 bridgehead atoms. The predicted octanol–water partition coefficient (Wildman–Crippen LogP) is 0.0674. The average molecular weight is 170 g/mol. The van der Waals surface area contributed by atoms with E-state index in [9.17, 15) is 0 Å². The molecule has 1 N–H and O–H groups in total. The Morgan fingerprint density at radius 3 is 2.50 bits per heavy atom. The molecule has 0 saturated carbocycles. The first-order chi connectivity index (χ1) is 5.75. The standard InChI is InChI=1S/C9H18N2O/c1-7-3-8(4-11(7)2)10-9-5-12-6-9/h7-10H,3-6H2,1-2H3. The van der Waals surface area contributed by atoms with Crippen LogP contribution in [0, 0.1) is 0 Å². The topological polar surface area (TPSA) is 24.5 Å². The van der Waals surface area contributed by atoms with E-state index < -0.39 is 0 Å². The van der Waals surface area contributed by atoms with Gasteiger partial charge in [0.1, 0.15) is 0 Å². The summed E-state index contributed by atoms with van der Waals surface area (Å²) in [4.78, 5) is 2.41. The van der Waals surface area contributed by atoms with Crippen LogP contribution in [0.3, 0.4) is 0 Å². The molecule has 2 saturated heterocycles. The van der Waals surface area contributed by atoms with Gasteiger partial charge in [0, 0.05) is 18.6 Å². The Hall–Kier alpha value is -0.120. The minimum Gasteiger partial charge on any atom is -0.378 e. The van der Waals surface area contributed by atoms with E-state index in [1.54, 1.807) is 0 Å². The summed E-state index contributed by atoms with van der Waals surface area (Å²) in [5.41, 5.74) is 0. The second-order valence-electron chi connectivity index (χ2n) is 4.12. The minimum absolute atomic E-state index is 0.633. The number of likely N-dealkylation sites (N-methyl/N-ethyl adjacent to an activating group) is 1. The smallest absolute Gasteiger partial charge is 0.0643 e. The van der Waals surface area contributed by atoms with Gasteiger partial charge in [-0.05, 0) is 20.4 Å². The van der Waals surface area contributed by atoms with Gasteiger partial charge in [0.05, 0.1) is 19.3 Å². The van der Waals surface area contributed by atoms with Crippen molar-refractivity contribution in [3.63, 3.8) is 0 Å². The molecule has 2 aliphatic rings. The Morgan fingerprint density at radius 2 is 2.08 bits per heavy atom. The number of hydrogen-bond donors (Lipinski definition) is 1. The molecule has 0 radical (unpaired) electrons. The monoisotopic (exact) mass is 170 g/mol. The Bertz CT molecular complexity index is 149. The molecule has 0 spiro atoms. The van der Waals surface area contributed by atoms with E-state index in [4.69, 9.17) is 4.74 Å². The van der Waals surface area contributed by atoms with Crippen LogP contribution in [-0.2, 0) is 4.74 Å². The van der Waals surface area contributed by atoms with Crippen molar-refractivity contribution in [3.05, 3.63) is 0 Å². The van der Waals surface area contributed by atoms with Crippen molar-refractivity contribution in [2.24, 2.45) is 0 Å². The molecule has 0 aromatic carbocycles. The highest BCUT2D eigenvalue weighted by Gasteiger charge is 2.29. The normalized spacial score (nSPS) is 38.5. The molecule has 2 rings (SSSR count). The van der Waals surface area contributed by atoms with Crippen LogP contribution in [0.25, 0.3) is 0 Å². The zero-order valence-corrected chi connectivity index (χ0v) is 7.92. The summed E-state index contributed by atoms with van der Waals surface area (Å²) >= 11 is 0. The first-order valence-electron chi connectivity index (χ1n) is 4.79. The van der Waals surface area contributed by atoms with Crippen molar-refractivity contribution in [1.82, 2.24) is 10.2 Å². The highest BCUT2D eigenvalue weighted by atomic mass is 16.5. The van der Waals surface area contributed by atoms with Gasteiger partial charge in [0.15, 0.2) is 0 Å². The summed E-state index contributed by atoms with van der Waals surface area (Å²) in [5.74, 6) is 0. The van der Waals surface area contributed by atoms with Crippen molar-refractivity contribution in [3.8, 4) is 0 Å². The number of likely N-dealkylation sites (tertiary alicyclic amines) is 1. The molecule has 0 aromatic rings. The summed E-state index contributed by atoms with van der Waals surface area (Å²) in [7, 11) is 2.20. The van der Waals surface area contributed by atoms with Crippen LogP contribution in [-0.4, -0.2) is 49.8 Å². The molecule has 12 heavy (non-hydrogen) atoms. The maximum atomic E-state index is 5.12. The number of hydrogen-bond acceptors (Lipinski definition) is 3. The number of nitrogens with zero attached hydrogens (tertiary/aromatic N) is 1. The first kappa shape index (κ1) is 8.48. The Labute approximate surface area is 74.1 Å². The fraction of sp³-hybridized carbons (Fsp3) is 1.00. The summed E-state index contributed by atoms with van der Waals surface area (Å²) in [6.07, 6.45) is 1.28. The van der Waals surface area contributed by atoms with Crippen LogP contribution in [0.1, 0.15) is 13.3 Å². The number of rotatable bonds is 2. The molecule has 2 aliphatic heterocycles. The molecule has 3 heteroatoms. The zero-order valence-electron chi connectivity index (χ0n) is 7.92. The van der Waals surface area contributed by atoms with Crippen molar-refractivity contribution < 1.29 is 4.74 Å². The fourth-order valence-electron chi connectivity index (χ4n) is 1.98. The maximum Gasteiger partial charge on any atom is 0.0643 e. The van der Waals surface area contributed by atoms with Crippen LogP contribution in [0.5, 0.6) is 0 Å². The molecule has 0 aliphatic carbocycles. The Kier molecular flexibility index (Phi) is 2.35. The zero-order chi connectivity index (χ0) is 8.55. The molecule has 2 fully saturated rings. The third-order valence-corrected chi connectivity index (χ3v) is 3.00. The number of nitrogens with one attached hydrogen (secondary N) is 1. The van der Waals surface area contributed by atoms with E-state index in [0.29, 0.717) is 12.1 Å². The van der Waals surface area contributed by atoms with E-state index in [1.807, 2.05) is 0 Å². The second-order valence-corrected chi connectivity index (χ2v) is 4.12. The summed E-state index contributed by atoms with van der Waals surface area (Å²) in [5, 5.41) is 3.61. The summed E-state index contributed by atoms with van der Waals surface area (Å²) in [6, 6.07) is 2.07. The highest BCUT2D eigenvalue weighted by molar-refractivity contribution is 4.88. The molecular formula is C9H18N2O. The van der Waals surface area contributed by atoms with Gasteiger partial charge in [0.25, 0.3) is 0 Å². The van der Waals surface area contributed by atoms with E-state index in [1.165, 1.54) is 13.0 Å². The molecule has 2 atom stereocenters. The van der Waals surface area contributed by atoms with Gasteiger partial charge in [0.2, 0.25) is 0 Å². The largest absolute Gasteiger partial charge is 0.378 e. The molecular weight excluding hydrogens is 152 g/mol. The molecule has 0 amide bonds. The summed E-state index contributed by atoms with van der Waals surface area (Å²) in [6.45, 7) is 5.31. The Morgan fingerprint density at radius 1 is 1.33 bits per heavy atom. The average Bonchev–Trinajstić information content (AvgIpc) is 2.24. The van der Waals surface area contributed by atoms with E-state index in [2.05, 4.69) is 24.2 Å². The fourth-order valence-corrected chi connectivity index (χ4v) is 1.98. The van der Waals surface area contributed by atoms with Gasteiger partial charge in [-0.2, -0.15) is 0 Å².